The zero-order chi connectivity index (χ0) is 23.6. The Bertz CT molecular complexity index is 1360. The van der Waals surface area contributed by atoms with Gasteiger partial charge in [-0.1, -0.05) is 24.3 Å². The molecule has 33 heavy (non-hydrogen) atoms. The molecule has 4 rings (SSSR count). The highest BCUT2D eigenvalue weighted by Crippen LogP contribution is 2.32. The number of halogens is 1. The number of para-hydroxylation sites is 1. The maximum Gasteiger partial charge on any atom is 0.339 e. The first kappa shape index (κ1) is 22.0. The number of anilines is 1. The average molecular weight is 468 g/mol. The molecule has 0 saturated carbocycles. The molecule has 10 heteroatoms. The fraction of sp³-hybridized carbons (Fsp3) is 0.0435. The minimum Gasteiger partial charge on any atom is -0.493 e. The molecular weight excluding hydrogens is 451 g/mol. The number of ether oxygens (including phenoxy) is 1. The van der Waals surface area contributed by atoms with Gasteiger partial charge in [-0.15, -0.1) is 0 Å². The van der Waals surface area contributed by atoms with E-state index >= 15 is 0 Å². The third-order valence-electron chi connectivity index (χ3n) is 4.71. The second kappa shape index (κ2) is 8.75. The molecule has 1 heterocycles. The number of benzene rings is 3. The summed E-state index contributed by atoms with van der Waals surface area (Å²) in [6.07, 6.45) is 1.36. The summed E-state index contributed by atoms with van der Waals surface area (Å²) in [5.74, 6) is -1.76. The number of hydrogen-bond donors (Lipinski definition) is 1. The van der Waals surface area contributed by atoms with Gasteiger partial charge < -0.3 is 8.92 Å². The van der Waals surface area contributed by atoms with Gasteiger partial charge in [-0.25, -0.2) is 9.40 Å². The Kier molecular flexibility index (Phi) is 5.84. The Labute approximate surface area is 189 Å². The number of hydrogen-bond acceptors (Lipinski definition) is 6. The van der Waals surface area contributed by atoms with E-state index in [0.29, 0.717) is 11.3 Å². The lowest BCUT2D eigenvalue weighted by Crippen LogP contribution is -2.35. The number of carbonyl (C=O) groups excluding carboxylic acids is 2. The summed E-state index contributed by atoms with van der Waals surface area (Å²) in [4.78, 5) is 24.9. The van der Waals surface area contributed by atoms with Gasteiger partial charge in [0.2, 0.25) is 0 Å². The van der Waals surface area contributed by atoms with Crippen molar-refractivity contribution in [3.05, 3.63) is 89.8 Å². The number of hydrazine groups is 1. The molecule has 2 amide bonds. The Morgan fingerprint density at radius 1 is 0.939 bits per heavy atom. The molecule has 1 aliphatic heterocycles. The molecule has 0 atom stereocenters. The zero-order valence-electron chi connectivity index (χ0n) is 17.2. The van der Waals surface area contributed by atoms with Crippen molar-refractivity contribution < 1.29 is 31.3 Å². The van der Waals surface area contributed by atoms with Gasteiger partial charge >= 0.3 is 10.1 Å². The second-order valence-corrected chi connectivity index (χ2v) is 8.42. The lowest BCUT2D eigenvalue weighted by Gasteiger charge is -2.14. The minimum absolute atomic E-state index is 0.0563. The molecule has 0 aromatic heterocycles. The van der Waals surface area contributed by atoms with E-state index in [1.165, 1.54) is 31.4 Å². The van der Waals surface area contributed by atoms with Crippen LogP contribution in [0.25, 0.3) is 6.08 Å². The van der Waals surface area contributed by atoms with Crippen LogP contribution in [0.3, 0.4) is 0 Å². The van der Waals surface area contributed by atoms with Crippen LogP contribution in [0.1, 0.15) is 5.56 Å². The predicted molar refractivity (Wildman–Crippen MR) is 117 cm³/mol. The zero-order valence-corrected chi connectivity index (χ0v) is 18.0. The van der Waals surface area contributed by atoms with Crippen LogP contribution in [-0.2, 0) is 19.7 Å². The summed E-state index contributed by atoms with van der Waals surface area (Å²) < 4.78 is 48.4. The van der Waals surface area contributed by atoms with E-state index in [2.05, 4.69) is 5.43 Å². The van der Waals surface area contributed by atoms with Crippen LogP contribution in [0.15, 0.2) is 83.3 Å². The Morgan fingerprint density at radius 2 is 1.64 bits per heavy atom. The van der Waals surface area contributed by atoms with Crippen molar-refractivity contribution in [2.75, 3.05) is 12.1 Å². The molecule has 168 valence electrons. The van der Waals surface area contributed by atoms with E-state index in [-0.39, 0.29) is 22.0 Å². The topological polar surface area (TPSA) is 102 Å². The van der Waals surface area contributed by atoms with Gasteiger partial charge in [0.25, 0.3) is 11.8 Å². The molecule has 0 spiro atoms. The van der Waals surface area contributed by atoms with Crippen LogP contribution < -0.4 is 19.4 Å². The van der Waals surface area contributed by atoms with E-state index in [1.807, 2.05) is 0 Å². The molecular formula is C23H17FN2O6S. The normalized spacial score (nSPS) is 15.0. The summed E-state index contributed by atoms with van der Waals surface area (Å²) in [7, 11) is -2.93. The van der Waals surface area contributed by atoms with E-state index in [4.69, 9.17) is 8.92 Å². The summed E-state index contributed by atoms with van der Waals surface area (Å²) in [6, 6.07) is 17.0. The smallest absolute Gasteiger partial charge is 0.339 e. The third-order valence-corrected chi connectivity index (χ3v) is 5.95. The van der Waals surface area contributed by atoms with E-state index in [0.717, 1.165) is 29.3 Å². The lowest BCUT2D eigenvalue weighted by atomic mass is 10.1. The highest BCUT2D eigenvalue weighted by atomic mass is 32.2. The number of nitrogens with zero attached hydrogens (tertiary/aromatic N) is 1. The Balaban J connectivity index is 1.60. The predicted octanol–water partition coefficient (Wildman–Crippen LogP) is 3.06. The first-order valence-electron chi connectivity index (χ1n) is 9.59. The van der Waals surface area contributed by atoms with Gasteiger partial charge in [0, 0.05) is 0 Å². The van der Waals surface area contributed by atoms with Crippen molar-refractivity contribution in [1.82, 2.24) is 5.43 Å². The summed E-state index contributed by atoms with van der Waals surface area (Å²) in [5.41, 5.74) is 3.31. The first-order chi connectivity index (χ1) is 15.8. The number of amides is 2. The fourth-order valence-electron chi connectivity index (χ4n) is 3.09. The summed E-state index contributed by atoms with van der Waals surface area (Å²) >= 11 is 0. The molecule has 3 aromatic carbocycles. The largest absolute Gasteiger partial charge is 0.493 e. The summed E-state index contributed by atoms with van der Waals surface area (Å²) in [6.45, 7) is 0. The number of nitrogens with one attached hydrogen (secondary N) is 1. The molecule has 3 aromatic rings. The van der Waals surface area contributed by atoms with Gasteiger partial charge in [0.15, 0.2) is 11.5 Å². The molecule has 0 unspecified atom stereocenters. The molecule has 1 N–H and O–H groups in total. The van der Waals surface area contributed by atoms with Crippen LogP contribution in [0.2, 0.25) is 0 Å². The SMILES string of the molecule is COc1cc(C=C2C(=O)NN(c3ccccc3)C2=O)ccc1OS(=O)(=O)c1ccc(F)cc1. The molecule has 1 fully saturated rings. The highest BCUT2D eigenvalue weighted by molar-refractivity contribution is 7.87. The highest BCUT2D eigenvalue weighted by Gasteiger charge is 2.34. The number of carbonyl (C=O) groups is 2. The van der Waals surface area contributed by atoms with Crippen molar-refractivity contribution in [2.24, 2.45) is 0 Å². The number of rotatable bonds is 6. The van der Waals surface area contributed by atoms with Crippen LogP contribution in [0.5, 0.6) is 11.5 Å². The van der Waals surface area contributed by atoms with E-state index < -0.39 is 27.7 Å². The quantitative estimate of drug-likeness (QED) is 0.339. The van der Waals surface area contributed by atoms with Gasteiger partial charge in [0.1, 0.15) is 16.3 Å². The lowest BCUT2D eigenvalue weighted by molar-refractivity contribution is -0.117. The average Bonchev–Trinajstić information content (AvgIpc) is 3.09. The van der Waals surface area contributed by atoms with Gasteiger partial charge in [0.05, 0.1) is 12.8 Å². The number of methoxy groups -OCH3 is 1. The van der Waals surface area contributed by atoms with Gasteiger partial charge in [-0.05, 0) is 60.2 Å². The van der Waals surface area contributed by atoms with E-state index in [9.17, 15) is 22.4 Å². The van der Waals surface area contributed by atoms with Crippen LogP contribution in [-0.4, -0.2) is 27.3 Å². The van der Waals surface area contributed by atoms with Crippen molar-refractivity contribution in [3.63, 3.8) is 0 Å². The minimum atomic E-state index is -4.24. The molecule has 8 nitrogen and oxygen atoms in total. The van der Waals surface area contributed by atoms with Gasteiger partial charge in [-0.2, -0.15) is 8.42 Å². The molecule has 0 aliphatic carbocycles. The van der Waals surface area contributed by atoms with Crippen LogP contribution in [0, 0.1) is 5.82 Å². The summed E-state index contributed by atoms with van der Waals surface area (Å²) in [5, 5.41) is 1.14. The first-order valence-corrected chi connectivity index (χ1v) is 11.0. The standard InChI is InChI=1S/C23H17FN2O6S/c1-31-21-14-15(7-12-20(21)32-33(29,30)18-10-8-16(24)9-11-18)13-19-22(27)25-26(23(19)28)17-5-3-2-4-6-17/h2-14H,1H3,(H,25,27). The van der Waals surface area contributed by atoms with Crippen molar-refractivity contribution in [3.8, 4) is 11.5 Å². The maximum atomic E-state index is 13.1. The molecule has 0 bridgehead atoms. The Hall–Kier alpha value is -4.18. The van der Waals surface area contributed by atoms with Crippen molar-refractivity contribution in [1.29, 1.82) is 0 Å². The molecule has 1 saturated heterocycles. The molecule has 1 aliphatic rings. The monoisotopic (exact) mass is 468 g/mol. The van der Waals surface area contributed by atoms with Gasteiger partial charge in [-0.3, -0.25) is 15.0 Å². The van der Waals surface area contributed by atoms with Crippen molar-refractivity contribution >= 4 is 33.7 Å². The second-order valence-electron chi connectivity index (χ2n) is 6.88. The van der Waals surface area contributed by atoms with Crippen LogP contribution in [0.4, 0.5) is 10.1 Å². The fourth-order valence-corrected chi connectivity index (χ4v) is 4.03. The van der Waals surface area contributed by atoms with Crippen LogP contribution >= 0.6 is 0 Å². The third kappa shape index (κ3) is 4.55. The Morgan fingerprint density at radius 3 is 2.30 bits per heavy atom. The van der Waals surface area contributed by atoms with Crippen molar-refractivity contribution in [2.45, 2.75) is 4.90 Å². The van der Waals surface area contributed by atoms with E-state index in [1.54, 1.807) is 30.3 Å². The molecule has 0 radical (unpaired) electrons. The maximum absolute atomic E-state index is 13.1.